The molecule has 0 atom stereocenters. The molecule has 3 rings (SSSR count). The van der Waals surface area contributed by atoms with Crippen molar-refractivity contribution < 1.29 is 32.2 Å². The number of alkyl halides is 3. The van der Waals surface area contributed by atoms with Gasteiger partial charge in [-0.15, -0.1) is 13.2 Å². The molecule has 0 radical (unpaired) electrons. The number of amides is 1. The van der Waals surface area contributed by atoms with E-state index in [2.05, 4.69) is 15.2 Å². The van der Waals surface area contributed by atoms with E-state index in [9.17, 15) is 22.8 Å². The molecule has 0 aliphatic heterocycles. The highest BCUT2D eigenvalue weighted by Crippen LogP contribution is 2.44. The van der Waals surface area contributed by atoms with Crippen molar-refractivity contribution in [3.05, 3.63) is 41.2 Å². The molecule has 1 fully saturated rings. The fraction of sp³-hybridized carbons (Fsp3) is 0.421. The molecule has 29 heavy (non-hydrogen) atoms. The zero-order valence-electron chi connectivity index (χ0n) is 15.9. The first kappa shape index (κ1) is 20.7. The number of ether oxygens (including phenoxy) is 2. The van der Waals surface area contributed by atoms with Crippen molar-refractivity contribution >= 4 is 11.9 Å². The van der Waals surface area contributed by atoms with Gasteiger partial charge < -0.3 is 14.8 Å². The van der Waals surface area contributed by atoms with Crippen LogP contribution in [0, 0.1) is 0 Å². The molecule has 156 valence electrons. The van der Waals surface area contributed by atoms with Gasteiger partial charge in [-0.2, -0.15) is 5.10 Å². The number of halogens is 3. The monoisotopic (exact) mass is 411 g/mol. The quantitative estimate of drug-likeness (QED) is 0.706. The second-order valence-corrected chi connectivity index (χ2v) is 6.57. The summed E-state index contributed by atoms with van der Waals surface area (Å²) >= 11 is 0. The first-order valence-corrected chi connectivity index (χ1v) is 9.09. The van der Waals surface area contributed by atoms with E-state index in [0.29, 0.717) is 17.1 Å². The first-order chi connectivity index (χ1) is 13.7. The SMILES string of the molecule is CCOC(=O)c1c(CNC(C)=O)nn(-c2cccc(OC(F)(F)F)c2)c1C1CC1. The van der Waals surface area contributed by atoms with E-state index in [-0.39, 0.29) is 30.5 Å². The Morgan fingerprint density at radius 2 is 2.03 bits per heavy atom. The predicted molar refractivity (Wildman–Crippen MR) is 95.7 cm³/mol. The van der Waals surface area contributed by atoms with Crippen molar-refractivity contribution in [2.45, 2.75) is 45.5 Å². The summed E-state index contributed by atoms with van der Waals surface area (Å²) in [4.78, 5) is 23.9. The number of carbonyl (C=O) groups is 2. The Labute approximate surface area is 164 Å². The minimum atomic E-state index is -4.82. The number of nitrogens with one attached hydrogen (secondary N) is 1. The Morgan fingerprint density at radius 1 is 1.31 bits per heavy atom. The minimum absolute atomic E-state index is 0.00502. The second-order valence-electron chi connectivity index (χ2n) is 6.57. The van der Waals surface area contributed by atoms with E-state index in [4.69, 9.17) is 4.74 Å². The van der Waals surface area contributed by atoms with Gasteiger partial charge in [0, 0.05) is 18.9 Å². The molecular formula is C19H20F3N3O4. The molecule has 1 heterocycles. The Bertz CT molecular complexity index is 920. The summed E-state index contributed by atoms with van der Waals surface area (Å²) in [7, 11) is 0. The number of aromatic nitrogens is 2. The average Bonchev–Trinajstić information content (AvgIpc) is 3.39. The molecule has 1 amide bonds. The van der Waals surface area contributed by atoms with Gasteiger partial charge in [-0.3, -0.25) is 4.79 Å². The summed E-state index contributed by atoms with van der Waals surface area (Å²) in [5, 5.41) is 7.02. The Hall–Kier alpha value is -3.04. The Kier molecular flexibility index (Phi) is 5.81. The molecule has 0 spiro atoms. The number of benzene rings is 1. The smallest absolute Gasteiger partial charge is 0.462 e. The van der Waals surface area contributed by atoms with E-state index >= 15 is 0 Å². The van der Waals surface area contributed by atoms with Crippen molar-refractivity contribution in [2.24, 2.45) is 0 Å². The van der Waals surface area contributed by atoms with Crippen LogP contribution in [0.5, 0.6) is 5.75 Å². The van der Waals surface area contributed by atoms with Crippen LogP contribution in [0.2, 0.25) is 0 Å². The maximum absolute atomic E-state index is 12.6. The number of hydrogen-bond donors (Lipinski definition) is 1. The third-order valence-electron chi connectivity index (χ3n) is 4.24. The number of rotatable bonds is 7. The van der Waals surface area contributed by atoms with Gasteiger partial charge in [0.1, 0.15) is 11.3 Å². The Balaban J connectivity index is 2.08. The molecule has 1 aromatic carbocycles. The van der Waals surface area contributed by atoms with Crippen LogP contribution < -0.4 is 10.1 Å². The van der Waals surface area contributed by atoms with Gasteiger partial charge >= 0.3 is 12.3 Å². The van der Waals surface area contributed by atoms with E-state index in [1.807, 2.05) is 0 Å². The Morgan fingerprint density at radius 3 is 2.62 bits per heavy atom. The van der Waals surface area contributed by atoms with E-state index < -0.39 is 18.1 Å². The highest BCUT2D eigenvalue weighted by molar-refractivity contribution is 5.92. The normalized spacial score (nSPS) is 13.8. The van der Waals surface area contributed by atoms with Crippen molar-refractivity contribution in [3.63, 3.8) is 0 Å². The van der Waals surface area contributed by atoms with Gasteiger partial charge in [0.25, 0.3) is 0 Å². The van der Waals surface area contributed by atoms with Crippen LogP contribution in [0.25, 0.3) is 5.69 Å². The molecule has 0 bridgehead atoms. The largest absolute Gasteiger partial charge is 0.573 e. The van der Waals surface area contributed by atoms with Crippen LogP contribution in [0.15, 0.2) is 24.3 Å². The molecule has 1 aliphatic carbocycles. The van der Waals surface area contributed by atoms with E-state index in [0.717, 1.165) is 12.8 Å². The van der Waals surface area contributed by atoms with E-state index in [1.54, 1.807) is 13.0 Å². The number of nitrogens with zero attached hydrogens (tertiary/aromatic N) is 2. The van der Waals surface area contributed by atoms with Gasteiger partial charge in [0.05, 0.1) is 30.2 Å². The summed E-state index contributed by atoms with van der Waals surface area (Å²) in [6.45, 7) is 3.16. The topological polar surface area (TPSA) is 82.5 Å². The molecule has 1 saturated carbocycles. The minimum Gasteiger partial charge on any atom is -0.462 e. The molecule has 1 N–H and O–H groups in total. The maximum atomic E-state index is 12.6. The highest BCUT2D eigenvalue weighted by Gasteiger charge is 2.36. The third-order valence-corrected chi connectivity index (χ3v) is 4.24. The van der Waals surface area contributed by atoms with Gasteiger partial charge in [-0.1, -0.05) is 6.07 Å². The van der Waals surface area contributed by atoms with Crippen LogP contribution in [0.3, 0.4) is 0 Å². The van der Waals surface area contributed by atoms with Gasteiger partial charge in [-0.05, 0) is 31.9 Å². The van der Waals surface area contributed by atoms with Crippen LogP contribution in [0.1, 0.15) is 54.4 Å². The van der Waals surface area contributed by atoms with Gasteiger partial charge in [-0.25, -0.2) is 9.48 Å². The standard InChI is InChI=1S/C19H20F3N3O4/c1-3-28-18(27)16-15(10-23-11(2)26)24-25(17(16)12-7-8-12)13-5-4-6-14(9-13)29-19(20,21)22/h4-6,9,12H,3,7-8,10H2,1-2H3,(H,23,26). The van der Waals surface area contributed by atoms with E-state index in [1.165, 1.54) is 29.8 Å². The summed E-state index contributed by atoms with van der Waals surface area (Å²) < 4.78 is 48.3. The molecule has 0 unspecified atom stereocenters. The fourth-order valence-corrected chi connectivity index (χ4v) is 2.98. The van der Waals surface area contributed by atoms with Gasteiger partial charge in [0.15, 0.2) is 0 Å². The number of carbonyl (C=O) groups excluding carboxylic acids is 2. The summed E-state index contributed by atoms with van der Waals surface area (Å²) in [6.07, 6.45) is -3.19. The fourth-order valence-electron chi connectivity index (χ4n) is 2.98. The third kappa shape index (κ3) is 5.07. The van der Waals surface area contributed by atoms with Gasteiger partial charge in [0.2, 0.25) is 5.91 Å². The van der Waals surface area contributed by atoms with Crippen LogP contribution in [0.4, 0.5) is 13.2 Å². The molecule has 2 aromatic rings. The first-order valence-electron chi connectivity index (χ1n) is 9.09. The molecule has 7 nitrogen and oxygen atoms in total. The zero-order chi connectivity index (χ0) is 21.2. The predicted octanol–water partition coefficient (Wildman–Crippen LogP) is 3.46. The lowest BCUT2D eigenvalue weighted by Gasteiger charge is -2.12. The van der Waals surface area contributed by atoms with Crippen molar-refractivity contribution in [3.8, 4) is 11.4 Å². The van der Waals surface area contributed by atoms with Crippen molar-refractivity contribution in [1.82, 2.24) is 15.1 Å². The second kappa shape index (κ2) is 8.14. The maximum Gasteiger partial charge on any atom is 0.573 e. The van der Waals surface area contributed by atoms with Crippen molar-refractivity contribution in [2.75, 3.05) is 6.61 Å². The number of esters is 1. The molecule has 10 heteroatoms. The molecule has 1 aliphatic rings. The zero-order valence-corrected chi connectivity index (χ0v) is 15.9. The molecule has 1 aromatic heterocycles. The average molecular weight is 411 g/mol. The van der Waals surface area contributed by atoms with Crippen molar-refractivity contribution in [1.29, 1.82) is 0 Å². The lowest BCUT2D eigenvalue weighted by Crippen LogP contribution is -2.21. The van der Waals surface area contributed by atoms with Crippen LogP contribution in [-0.2, 0) is 16.1 Å². The highest BCUT2D eigenvalue weighted by atomic mass is 19.4. The molecular weight excluding hydrogens is 391 g/mol. The molecule has 0 saturated heterocycles. The summed E-state index contributed by atoms with van der Waals surface area (Å²) in [5.41, 5.74) is 1.41. The summed E-state index contributed by atoms with van der Waals surface area (Å²) in [6, 6.07) is 5.36. The van der Waals surface area contributed by atoms with Crippen LogP contribution >= 0.6 is 0 Å². The summed E-state index contributed by atoms with van der Waals surface area (Å²) in [5.74, 6) is -1.25. The number of hydrogen-bond acceptors (Lipinski definition) is 5. The lowest BCUT2D eigenvalue weighted by atomic mass is 10.1. The lowest BCUT2D eigenvalue weighted by molar-refractivity contribution is -0.274. The van der Waals surface area contributed by atoms with Crippen LogP contribution in [-0.4, -0.2) is 34.6 Å².